The lowest BCUT2D eigenvalue weighted by Crippen LogP contribution is -2.26. The number of aryl methyl sites for hydroxylation is 2. The van der Waals surface area contributed by atoms with Gasteiger partial charge in [-0.3, -0.25) is 9.20 Å². The molecule has 3 heterocycles. The van der Waals surface area contributed by atoms with Gasteiger partial charge in [0.2, 0.25) is 5.91 Å². The summed E-state index contributed by atoms with van der Waals surface area (Å²) in [7, 11) is 0. The van der Waals surface area contributed by atoms with Crippen LogP contribution in [0.4, 0.5) is 0 Å². The normalized spacial score (nSPS) is 11.0. The SMILES string of the molecule is Cc1noc(C)c1CC(=O)NCc1nnc2ccccn12. The molecule has 3 rings (SSSR count). The van der Waals surface area contributed by atoms with E-state index in [9.17, 15) is 4.79 Å². The van der Waals surface area contributed by atoms with Gasteiger partial charge < -0.3 is 9.84 Å². The minimum absolute atomic E-state index is 0.0999. The van der Waals surface area contributed by atoms with Crippen molar-refractivity contribution in [3.05, 3.63) is 47.2 Å². The van der Waals surface area contributed by atoms with Crippen LogP contribution in [-0.4, -0.2) is 25.7 Å². The van der Waals surface area contributed by atoms with Crippen molar-refractivity contribution >= 4 is 11.6 Å². The fourth-order valence-electron chi connectivity index (χ4n) is 2.17. The first-order chi connectivity index (χ1) is 10.1. The van der Waals surface area contributed by atoms with Crippen LogP contribution >= 0.6 is 0 Å². The molecule has 0 spiro atoms. The van der Waals surface area contributed by atoms with Gasteiger partial charge in [0.05, 0.1) is 18.7 Å². The molecule has 0 aromatic carbocycles. The molecule has 7 heteroatoms. The maximum atomic E-state index is 12.0. The van der Waals surface area contributed by atoms with E-state index in [0.29, 0.717) is 18.1 Å². The number of fused-ring (bicyclic) bond motifs is 1. The Morgan fingerprint density at radius 3 is 2.95 bits per heavy atom. The van der Waals surface area contributed by atoms with Crippen molar-refractivity contribution in [3.63, 3.8) is 0 Å². The average Bonchev–Trinajstić information content (AvgIpc) is 3.03. The number of carbonyl (C=O) groups is 1. The predicted molar refractivity (Wildman–Crippen MR) is 74.5 cm³/mol. The molecule has 0 saturated carbocycles. The number of hydrogen-bond acceptors (Lipinski definition) is 5. The predicted octanol–water partition coefficient (Wildman–Crippen LogP) is 1.19. The van der Waals surface area contributed by atoms with Crippen LogP contribution in [0.15, 0.2) is 28.9 Å². The van der Waals surface area contributed by atoms with E-state index in [2.05, 4.69) is 20.7 Å². The van der Waals surface area contributed by atoms with E-state index in [1.54, 1.807) is 6.92 Å². The van der Waals surface area contributed by atoms with Gasteiger partial charge in [-0.25, -0.2) is 0 Å². The molecule has 1 amide bonds. The third-order valence-electron chi connectivity index (χ3n) is 3.35. The van der Waals surface area contributed by atoms with Crippen LogP contribution in [0.25, 0.3) is 5.65 Å². The largest absolute Gasteiger partial charge is 0.361 e. The second-order valence-electron chi connectivity index (χ2n) is 4.80. The summed E-state index contributed by atoms with van der Waals surface area (Å²) in [6.45, 7) is 3.95. The van der Waals surface area contributed by atoms with Crippen LogP contribution in [0, 0.1) is 13.8 Å². The van der Waals surface area contributed by atoms with Gasteiger partial charge in [0, 0.05) is 11.8 Å². The Morgan fingerprint density at radius 1 is 1.33 bits per heavy atom. The molecular formula is C14H15N5O2. The van der Waals surface area contributed by atoms with Crippen molar-refractivity contribution < 1.29 is 9.32 Å². The van der Waals surface area contributed by atoms with E-state index in [0.717, 1.165) is 16.9 Å². The molecule has 0 aliphatic carbocycles. The summed E-state index contributed by atoms with van der Waals surface area (Å²) in [6, 6.07) is 5.65. The van der Waals surface area contributed by atoms with Gasteiger partial charge in [-0.1, -0.05) is 11.2 Å². The van der Waals surface area contributed by atoms with E-state index in [1.165, 1.54) is 0 Å². The summed E-state index contributed by atoms with van der Waals surface area (Å²) in [5, 5.41) is 14.8. The second kappa shape index (κ2) is 5.35. The summed E-state index contributed by atoms with van der Waals surface area (Å²) in [5.74, 6) is 1.27. The fraction of sp³-hybridized carbons (Fsp3) is 0.286. The van der Waals surface area contributed by atoms with Gasteiger partial charge in [0.1, 0.15) is 5.76 Å². The molecule has 0 radical (unpaired) electrons. The summed E-state index contributed by atoms with van der Waals surface area (Å²) in [6.07, 6.45) is 2.11. The Labute approximate surface area is 121 Å². The van der Waals surface area contributed by atoms with Crippen LogP contribution in [0.5, 0.6) is 0 Å². The Kier molecular flexibility index (Phi) is 3.39. The maximum Gasteiger partial charge on any atom is 0.225 e. The third-order valence-corrected chi connectivity index (χ3v) is 3.35. The van der Waals surface area contributed by atoms with Crippen LogP contribution in [-0.2, 0) is 17.8 Å². The zero-order valence-electron chi connectivity index (χ0n) is 11.8. The Morgan fingerprint density at radius 2 is 2.19 bits per heavy atom. The number of nitrogens with one attached hydrogen (secondary N) is 1. The number of amides is 1. The van der Waals surface area contributed by atoms with Crippen LogP contribution in [0.2, 0.25) is 0 Å². The van der Waals surface area contributed by atoms with Gasteiger partial charge in [-0.2, -0.15) is 0 Å². The highest BCUT2D eigenvalue weighted by molar-refractivity contribution is 5.78. The number of nitrogens with zero attached hydrogens (tertiary/aromatic N) is 4. The lowest BCUT2D eigenvalue weighted by atomic mass is 10.1. The number of rotatable bonds is 4. The average molecular weight is 285 g/mol. The van der Waals surface area contributed by atoms with Gasteiger partial charge in [0.15, 0.2) is 11.5 Å². The molecule has 0 bridgehead atoms. The van der Waals surface area contributed by atoms with E-state index >= 15 is 0 Å². The topological polar surface area (TPSA) is 85.3 Å². The summed E-state index contributed by atoms with van der Waals surface area (Å²) in [5.41, 5.74) is 2.33. The van der Waals surface area contributed by atoms with Crippen molar-refractivity contribution in [1.82, 2.24) is 25.1 Å². The maximum absolute atomic E-state index is 12.0. The quantitative estimate of drug-likeness (QED) is 0.778. The molecule has 21 heavy (non-hydrogen) atoms. The van der Waals surface area contributed by atoms with Crippen LogP contribution in [0.1, 0.15) is 22.8 Å². The number of aromatic nitrogens is 4. The molecule has 0 fully saturated rings. The summed E-state index contributed by atoms with van der Waals surface area (Å²) < 4.78 is 6.89. The van der Waals surface area contributed by atoms with Crippen molar-refractivity contribution in [2.45, 2.75) is 26.8 Å². The first kappa shape index (κ1) is 13.3. The molecule has 0 unspecified atom stereocenters. The van der Waals surface area contributed by atoms with Gasteiger partial charge in [0.25, 0.3) is 0 Å². The molecule has 3 aromatic heterocycles. The van der Waals surface area contributed by atoms with Crippen molar-refractivity contribution in [2.75, 3.05) is 0 Å². The van der Waals surface area contributed by atoms with Crippen molar-refractivity contribution in [2.24, 2.45) is 0 Å². The van der Waals surface area contributed by atoms with E-state index in [-0.39, 0.29) is 12.3 Å². The van der Waals surface area contributed by atoms with Gasteiger partial charge in [-0.15, -0.1) is 10.2 Å². The van der Waals surface area contributed by atoms with Gasteiger partial charge in [-0.05, 0) is 26.0 Å². The summed E-state index contributed by atoms with van der Waals surface area (Å²) in [4.78, 5) is 12.0. The van der Waals surface area contributed by atoms with Gasteiger partial charge >= 0.3 is 0 Å². The van der Waals surface area contributed by atoms with Crippen molar-refractivity contribution in [3.8, 4) is 0 Å². The first-order valence-electron chi connectivity index (χ1n) is 6.62. The monoisotopic (exact) mass is 285 g/mol. The number of carbonyl (C=O) groups excluding carboxylic acids is 1. The lowest BCUT2D eigenvalue weighted by molar-refractivity contribution is -0.120. The van der Waals surface area contributed by atoms with Crippen molar-refractivity contribution in [1.29, 1.82) is 0 Å². The zero-order valence-corrected chi connectivity index (χ0v) is 11.8. The van der Waals surface area contributed by atoms with E-state index < -0.39 is 0 Å². The molecule has 108 valence electrons. The molecule has 1 N–H and O–H groups in total. The van der Waals surface area contributed by atoms with E-state index in [1.807, 2.05) is 35.7 Å². The Hall–Kier alpha value is -2.70. The Balaban J connectivity index is 1.66. The molecule has 0 saturated heterocycles. The third kappa shape index (κ3) is 2.62. The van der Waals surface area contributed by atoms with Crippen LogP contribution < -0.4 is 5.32 Å². The molecular weight excluding hydrogens is 270 g/mol. The number of pyridine rings is 1. The van der Waals surface area contributed by atoms with E-state index in [4.69, 9.17) is 4.52 Å². The van der Waals surface area contributed by atoms with Crippen LogP contribution in [0.3, 0.4) is 0 Å². The molecule has 0 atom stereocenters. The number of hydrogen-bond donors (Lipinski definition) is 1. The molecule has 7 nitrogen and oxygen atoms in total. The molecule has 0 aliphatic rings. The minimum atomic E-state index is -0.0999. The molecule has 3 aromatic rings. The second-order valence-corrected chi connectivity index (χ2v) is 4.80. The zero-order chi connectivity index (χ0) is 14.8. The highest BCUT2D eigenvalue weighted by atomic mass is 16.5. The Bertz CT molecular complexity index is 770. The standard InChI is InChI=1S/C14H15N5O2/c1-9-11(10(2)21-18-9)7-14(20)15-8-13-17-16-12-5-3-4-6-19(12)13/h3-6H,7-8H2,1-2H3,(H,15,20). The highest BCUT2D eigenvalue weighted by Gasteiger charge is 2.14. The molecule has 0 aliphatic heterocycles. The summed E-state index contributed by atoms with van der Waals surface area (Å²) >= 11 is 0. The smallest absolute Gasteiger partial charge is 0.225 e. The fourth-order valence-corrected chi connectivity index (χ4v) is 2.17. The minimum Gasteiger partial charge on any atom is -0.361 e. The lowest BCUT2D eigenvalue weighted by Gasteiger charge is -2.04. The highest BCUT2D eigenvalue weighted by Crippen LogP contribution is 2.12. The first-order valence-corrected chi connectivity index (χ1v) is 6.62.